The Morgan fingerprint density at radius 2 is 2.25 bits per heavy atom. The van der Waals surface area contributed by atoms with E-state index in [1.54, 1.807) is 25.4 Å². The second-order valence-corrected chi connectivity index (χ2v) is 3.63. The van der Waals surface area contributed by atoms with Crippen LogP contribution in [0.5, 0.6) is 0 Å². The number of esters is 1. The number of carbonyl (C=O) groups is 1. The van der Waals surface area contributed by atoms with Gasteiger partial charge in [0.1, 0.15) is 11.4 Å². The second kappa shape index (κ2) is 4.49. The monoisotopic (exact) mass is 222 g/mol. The summed E-state index contributed by atoms with van der Waals surface area (Å²) in [6.45, 7) is 1.52. The van der Waals surface area contributed by atoms with Crippen molar-refractivity contribution in [3.63, 3.8) is 0 Å². The van der Waals surface area contributed by atoms with Crippen LogP contribution in [0.1, 0.15) is 10.4 Å². The van der Waals surface area contributed by atoms with Crippen LogP contribution in [0.15, 0.2) is 18.3 Å². The van der Waals surface area contributed by atoms with Gasteiger partial charge in [0, 0.05) is 26.4 Å². The van der Waals surface area contributed by atoms with Gasteiger partial charge in [0.2, 0.25) is 0 Å². The number of rotatable bonds is 3. The zero-order valence-electron chi connectivity index (χ0n) is 9.34. The third kappa shape index (κ3) is 1.86. The average molecular weight is 222 g/mol. The highest BCUT2D eigenvalue weighted by molar-refractivity contribution is 5.94. The van der Waals surface area contributed by atoms with Crippen LogP contribution in [-0.2, 0) is 9.47 Å². The molecule has 0 amide bonds. The van der Waals surface area contributed by atoms with E-state index in [0.29, 0.717) is 11.4 Å². The first-order valence-corrected chi connectivity index (χ1v) is 5.07. The lowest BCUT2D eigenvalue weighted by molar-refractivity contribution is 0.0595. The van der Waals surface area contributed by atoms with E-state index in [9.17, 15) is 4.79 Å². The Bertz CT molecular complexity index is 389. The predicted molar refractivity (Wildman–Crippen MR) is 58.6 cm³/mol. The Balaban J connectivity index is 2.18. The van der Waals surface area contributed by atoms with Crippen molar-refractivity contribution >= 4 is 11.8 Å². The fourth-order valence-electron chi connectivity index (χ4n) is 1.68. The van der Waals surface area contributed by atoms with E-state index in [2.05, 4.69) is 4.98 Å². The van der Waals surface area contributed by atoms with E-state index < -0.39 is 0 Å². The molecule has 0 saturated carbocycles. The van der Waals surface area contributed by atoms with Crippen molar-refractivity contribution < 1.29 is 14.3 Å². The van der Waals surface area contributed by atoms with Crippen molar-refractivity contribution in [2.45, 2.75) is 6.10 Å². The molecule has 0 atom stereocenters. The molecule has 2 rings (SSSR count). The number of methoxy groups -OCH3 is 2. The maximum absolute atomic E-state index is 11.5. The molecule has 1 aliphatic rings. The molecule has 16 heavy (non-hydrogen) atoms. The van der Waals surface area contributed by atoms with Gasteiger partial charge in [-0.1, -0.05) is 0 Å². The number of pyridine rings is 1. The average Bonchev–Trinajstić information content (AvgIpc) is 2.27. The number of anilines is 1. The van der Waals surface area contributed by atoms with Gasteiger partial charge in [0.25, 0.3) is 0 Å². The summed E-state index contributed by atoms with van der Waals surface area (Å²) >= 11 is 0. The molecule has 1 aromatic rings. The Morgan fingerprint density at radius 1 is 1.50 bits per heavy atom. The van der Waals surface area contributed by atoms with Crippen LogP contribution in [0.4, 0.5) is 5.82 Å². The van der Waals surface area contributed by atoms with Crippen LogP contribution < -0.4 is 4.90 Å². The first-order valence-electron chi connectivity index (χ1n) is 5.07. The summed E-state index contributed by atoms with van der Waals surface area (Å²) in [6, 6.07) is 3.44. The summed E-state index contributed by atoms with van der Waals surface area (Å²) in [5, 5.41) is 0. The van der Waals surface area contributed by atoms with Gasteiger partial charge in [0.15, 0.2) is 0 Å². The van der Waals surface area contributed by atoms with Gasteiger partial charge < -0.3 is 14.4 Å². The molecule has 0 spiro atoms. The van der Waals surface area contributed by atoms with Gasteiger partial charge in [-0.15, -0.1) is 0 Å². The summed E-state index contributed by atoms with van der Waals surface area (Å²) < 4.78 is 9.89. The van der Waals surface area contributed by atoms with E-state index in [-0.39, 0.29) is 12.1 Å². The first kappa shape index (κ1) is 10.9. The molecule has 5 nitrogen and oxygen atoms in total. The SMILES string of the molecule is COC(=O)c1cccnc1N1CC(OC)C1. The van der Waals surface area contributed by atoms with Crippen LogP contribution in [0.3, 0.4) is 0 Å². The highest BCUT2D eigenvalue weighted by atomic mass is 16.5. The first-order chi connectivity index (χ1) is 7.76. The van der Waals surface area contributed by atoms with Crippen LogP contribution in [0.25, 0.3) is 0 Å². The number of hydrogen-bond donors (Lipinski definition) is 0. The number of nitrogens with zero attached hydrogens (tertiary/aromatic N) is 2. The molecule has 1 aliphatic heterocycles. The van der Waals surface area contributed by atoms with Crippen molar-refractivity contribution in [3.8, 4) is 0 Å². The number of hydrogen-bond acceptors (Lipinski definition) is 5. The van der Waals surface area contributed by atoms with Gasteiger partial charge in [-0.25, -0.2) is 9.78 Å². The Kier molecular flexibility index (Phi) is 3.05. The minimum Gasteiger partial charge on any atom is -0.465 e. The molecule has 1 fully saturated rings. The third-order valence-electron chi connectivity index (χ3n) is 2.67. The maximum atomic E-state index is 11.5. The molecule has 1 saturated heterocycles. The lowest BCUT2D eigenvalue weighted by atomic mass is 10.1. The molecule has 1 aromatic heterocycles. The molecule has 0 unspecified atom stereocenters. The van der Waals surface area contributed by atoms with Gasteiger partial charge in [-0.2, -0.15) is 0 Å². The van der Waals surface area contributed by atoms with Crippen molar-refractivity contribution in [2.24, 2.45) is 0 Å². The predicted octanol–water partition coefficient (Wildman–Crippen LogP) is 0.703. The zero-order valence-corrected chi connectivity index (χ0v) is 9.34. The molecule has 0 bridgehead atoms. The molecule has 5 heteroatoms. The summed E-state index contributed by atoms with van der Waals surface area (Å²) in [6.07, 6.45) is 1.90. The van der Waals surface area contributed by atoms with Gasteiger partial charge >= 0.3 is 5.97 Å². The summed E-state index contributed by atoms with van der Waals surface area (Å²) in [7, 11) is 3.05. The van der Waals surface area contributed by atoms with E-state index in [1.807, 2.05) is 4.90 Å². The fraction of sp³-hybridized carbons (Fsp3) is 0.455. The van der Waals surface area contributed by atoms with E-state index in [1.165, 1.54) is 7.11 Å². The number of carbonyl (C=O) groups excluding carboxylic acids is 1. The molecular weight excluding hydrogens is 208 g/mol. The summed E-state index contributed by atoms with van der Waals surface area (Å²) in [5.41, 5.74) is 0.500. The molecule has 0 N–H and O–H groups in total. The van der Waals surface area contributed by atoms with Crippen LogP contribution in [0, 0.1) is 0 Å². The molecule has 0 aromatic carbocycles. The second-order valence-electron chi connectivity index (χ2n) is 3.63. The number of aromatic nitrogens is 1. The molecule has 0 radical (unpaired) electrons. The molecular formula is C11H14N2O3. The molecule has 2 heterocycles. The smallest absolute Gasteiger partial charge is 0.341 e. The minimum absolute atomic E-state index is 0.229. The maximum Gasteiger partial charge on any atom is 0.341 e. The topological polar surface area (TPSA) is 51.7 Å². The molecule has 0 aliphatic carbocycles. The Labute approximate surface area is 94.0 Å². The normalized spacial score (nSPS) is 15.8. The standard InChI is InChI=1S/C11H14N2O3/c1-15-8-6-13(7-8)10-9(11(14)16-2)4-3-5-12-10/h3-5,8H,6-7H2,1-2H3. The summed E-state index contributed by atoms with van der Waals surface area (Å²) in [5.74, 6) is 0.312. The van der Waals surface area contributed by atoms with Gasteiger partial charge in [-0.3, -0.25) is 0 Å². The summed E-state index contributed by atoms with van der Waals surface area (Å²) in [4.78, 5) is 17.7. The minimum atomic E-state index is -0.357. The largest absolute Gasteiger partial charge is 0.465 e. The number of ether oxygens (including phenoxy) is 2. The Morgan fingerprint density at radius 3 is 2.88 bits per heavy atom. The van der Waals surface area contributed by atoms with Crippen molar-refractivity contribution in [1.82, 2.24) is 4.98 Å². The highest BCUT2D eigenvalue weighted by Crippen LogP contribution is 2.24. The van der Waals surface area contributed by atoms with Crippen LogP contribution in [0.2, 0.25) is 0 Å². The quantitative estimate of drug-likeness (QED) is 0.705. The van der Waals surface area contributed by atoms with E-state index >= 15 is 0 Å². The zero-order chi connectivity index (χ0) is 11.5. The molecule has 86 valence electrons. The third-order valence-corrected chi connectivity index (χ3v) is 2.67. The van der Waals surface area contributed by atoms with Crippen LogP contribution in [-0.4, -0.2) is 44.4 Å². The Hall–Kier alpha value is -1.62. The van der Waals surface area contributed by atoms with Crippen molar-refractivity contribution in [1.29, 1.82) is 0 Å². The van der Waals surface area contributed by atoms with E-state index in [0.717, 1.165) is 13.1 Å². The van der Waals surface area contributed by atoms with E-state index in [4.69, 9.17) is 9.47 Å². The lowest BCUT2D eigenvalue weighted by Gasteiger charge is -2.39. The van der Waals surface area contributed by atoms with Crippen molar-refractivity contribution in [2.75, 3.05) is 32.2 Å². The van der Waals surface area contributed by atoms with Crippen LogP contribution >= 0.6 is 0 Å². The van der Waals surface area contributed by atoms with Crippen molar-refractivity contribution in [3.05, 3.63) is 23.9 Å². The van der Waals surface area contributed by atoms with Gasteiger partial charge in [-0.05, 0) is 12.1 Å². The fourth-order valence-corrected chi connectivity index (χ4v) is 1.68. The highest BCUT2D eigenvalue weighted by Gasteiger charge is 2.30. The lowest BCUT2D eigenvalue weighted by Crippen LogP contribution is -2.52. The van der Waals surface area contributed by atoms with Gasteiger partial charge in [0.05, 0.1) is 13.2 Å².